The third kappa shape index (κ3) is 2.50. The van der Waals surface area contributed by atoms with Gasteiger partial charge >= 0.3 is 0 Å². The monoisotopic (exact) mass is 168 g/mol. The molecule has 0 aromatic carbocycles. The Morgan fingerprint density at radius 3 is 2.00 bits per heavy atom. The molecule has 0 spiro atoms. The molecule has 0 saturated heterocycles. The average molecular weight is 168 g/mol. The predicted molar refractivity (Wildman–Crippen MR) is 55.3 cm³/mol. The summed E-state index contributed by atoms with van der Waals surface area (Å²) >= 11 is 0. The van der Waals surface area contributed by atoms with Crippen LogP contribution in [0, 0.1) is 10.8 Å². The van der Waals surface area contributed by atoms with Gasteiger partial charge in [0.25, 0.3) is 0 Å². The summed E-state index contributed by atoms with van der Waals surface area (Å²) in [7, 11) is 0. The average Bonchev–Trinajstić information content (AvgIpc) is 1.83. The third-order valence-electron chi connectivity index (χ3n) is 3.19. The van der Waals surface area contributed by atoms with Crippen molar-refractivity contribution in [1.29, 1.82) is 0 Å². The van der Waals surface area contributed by atoms with Crippen molar-refractivity contribution in [3.8, 4) is 0 Å². The van der Waals surface area contributed by atoms with Gasteiger partial charge in [-0.15, -0.1) is 0 Å². The second-order valence-corrected chi connectivity index (χ2v) is 5.79. The minimum atomic E-state index is 0.654. The molecular formula is C12H24. The fourth-order valence-electron chi connectivity index (χ4n) is 3.24. The lowest BCUT2D eigenvalue weighted by Gasteiger charge is -2.52. The standard InChI is InChI=1S/C12H24/c1-5-6-7-8-12(4)9-11(2,3)10-12/h5-10H2,1-4H3. The molecule has 72 valence electrons. The van der Waals surface area contributed by atoms with E-state index in [1.165, 1.54) is 38.5 Å². The zero-order chi connectivity index (χ0) is 9.24. The van der Waals surface area contributed by atoms with Crippen molar-refractivity contribution in [3.05, 3.63) is 0 Å². The number of hydrogen-bond donors (Lipinski definition) is 0. The molecule has 0 aliphatic heterocycles. The first kappa shape index (κ1) is 10.1. The Labute approximate surface area is 77.7 Å². The summed E-state index contributed by atoms with van der Waals surface area (Å²) in [5.41, 5.74) is 1.36. The molecule has 0 nitrogen and oxygen atoms in total. The highest BCUT2D eigenvalue weighted by Gasteiger charge is 2.44. The molecular weight excluding hydrogens is 144 g/mol. The van der Waals surface area contributed by atoms with E-state index in [4.69, 9.17) is 0 Å². The van der Waals surface area contributed by atoms with Gasteiger partial charge in [0.15, 0.2) is 0 Å². The SMILES string of the molecule is CCCCCC1(C)CC(C)(C)C1. The summed E-state index contributed by atoms with van der Waals surface area (Å²) in [6.07, 6.45) is 8.59. The van der Waals surface area contributed by atoms with Gasteiger partial charge in [0, 0.05) is 0 Å². The van der Waals surface area contributed by atoms with E-state index < -0.39 is 0 Å². The van der Waals surface area contributed by atoms with E-state index >= 15 is 0 Å². The van der Waals surface area contributed by atoms with Crippen LogP contribution in [0.5, 0.6) is 0 Å². The maximum atomic E-state index is 2.47. The number of unbranched alkanes of at least 4 members (excludes halogenated alkanes) is 2. The summed E-state index contributed by atoms with van der Waals surface area (Å²) in [4.78, 5) is 0. The summed E-state index contributed by atoms with van der Waals surface area (Å²) in [5, 5.41) is 0. The van der Waals surface area contributed by atoms with Crippen molar-refractivity contribution in [2.45, 2.75) is 66.2 Å². The lowest BCUT2D eigenvalue weighted by atomic mass is 9.54. The summed E-state index contributed by atoms with van der Waals surface area (Å²) in [6.45, 7) is 9.55. The second-order valence-electron chi connectivity index (χ2n) is 5.79. The van der Waals surface area contributed by atoms with Gasteiger partial charge in [-0.2, -0.15) is 0 Å². The van der Waals surface area contributed by atoms with Crippen LogP contribution in [0.25, 0.3) is 0 Å². The van der Waals surface area contributed by atoms with Crippen molar-refractivity contribution in [3.63, 3.8) is 0 Å². The largest absolute Gasteiger partial charge is 0.0654 e. The molecule has 1 fully saturated rings. The highest BCUT2D eigenvalue weighted by atomic mass is 14.5. The summed E-state index contributed by atoms with van der Waals surface area (Å²) < 4.78 is 0. The maximum absolute atomic E-state index is 2.47. The second kappa shape index (κ2) is 3.40. The highest BCUT2D eigenvalue weighted by Crippen LogP contribution is 2.56. The molecule has 0 aromatic heterocycles. The van der Waals surface area contributed by atoms with Gasteiger partial charge in [-0.3, -0.25) is 0 Å². The van der Waals surface area contributed by atoms with Crippen LogP contribution in [-0.2, 0) is 0 Å². The number of hydrogen-bond acceptors (Lipinski definition) is 0. The molecule has 0 N–H and O–H groups in total. The van der Waals surface area contributed by atoms with Gasteiger partial charge in [-0.05, 0) is 30.1 Å². The van der Waals surface area contributed by atoms with Crippen LogP contribution >= 0.6 is 0 Å². The molecule has 0 aromatic rings. The van der Waals surface area contributed by atoms with Crippen molar-refractivity contribution < 1.29 is 0 Å². The first-order valence-electron chi connectivity index (χ1n) is 5.47. The minimum absolute atomic E-state index is 0.654. The van der Waals surface area contributed by atoms with Crippen molar-refractivity contribution in [2.24, 2.45) is 10.8 Å². The van der Waals surface area contributed by atoms with E-state index in [1.54, 1.807) is 0 Å². The van der Waals surface area contributed by atoms with Gasteiger partial charge in [-0.25, -0.2) is 0 Å². The predicted octanol–water partition coefficient (Wildman–Crippen LogP) is 4.39. The quantitative estimate of drug-likeness (QED) is 0.546. The zero-order valence-electron chi connectivity index (χ0n) is 9.24. The van der Waals surface area contributed by atoms with Gasteiger partial charge in [-0.1, -0.05) is 47.0 Å². The van der Waals surface area contributed by atoms with Crippen LogP contribution in [-0.4, -0.2) is 0 Å². The fourth-order valence-corrected chi connectivity index (χ4v) is 3.24. The molecule has 0 radical (unpaired) electrons. The van der Waals surface area contributed by atoms with Crippen LogP contribution in [0.1, 0.15) is 66.2 Å². The summed E-state index contributed by atoms with van der Waals surface area (Å²) in [5.74, 6) is 0. The van der Waals surface area contributed by atoms with E-state index in [-0.39, 0.29) is 0 Å². The van der Waals surface area contributed by atoms with Gasteiger partial charge in [0.05, 0.1) is 0 Å². The first-order chi connectivity index (χ1) is 5.47. The Morgan fingerprint density at radius 2 is 1.58 bits per heavy atom. The Morgan fingerprint density at radius 1 is 1.00 bits per heavy atom. The molecule has 12 heavy (non-hydrogen) atoms. The maximum Gasteiger partial charge on any atom is -0.0316 e. The molecule has 1 saturated carbocycles. The number of rotatable bonds is 4. The van der Waals surface area contributed by atoms with Crippen LogP contribution < -0.4 is 0 Å². The third-order valence-corrected chi connectivity index (χ3v) is 3.19. The van der Waals surface area contributed by atoms with Gasteiger partial charge < -0.3 is 0 Å². The Balaban J connectivity index is 2.17. The summed E-state index contributed by atoms with van der Waals surface area (Å²) in [6, 6.07) is 0. The highest BCUT2D eigenvalue weighted by molar-refractivity contribution is 4.95. The van der Waals surface area contributed by atoms with Gasteiger partial charge in [0.1, 0.15) is 0 Å². The minimum Gasteiger partial charge on any atom is -0.0654 e. The molecule has 1 rings (SSSR count). The van der Waals surface area contributed by atoms with Crippen LogP contribution in [0.15, 0.2) is 0 Å². The van der Waals surface area contributed by atoms with Crippen molar-refractivity contribution in [1.82, 2.24) is 0 Å². The first-order valence-corrected chi connectivity index (χ1v) is 5.47. The molecule has 0 heteroatoms. The normalized spacial score (nSPS) is 25.0. The van der Waals surface area contributed by atoms with E-state index in [9.17, 15) is 0 Å². The molecule has 0 unspecified atom stereocenters. The van der Waals surface area contributed by atoms with Crippen molar-refractivity contribution >= 4 is 0 Å². The molecule has 0 amide bonds. The molecule has 0 atom stereocenters. The van der Waals surface area contributed by atoms with E-state index in [0.717, 1.165) is 0 Å². The van der Waals surface area contributed by atoms with Crippen LogP contribution in [0.2, 0.25) is 0 Å². The molecule has 1 aliphatic rings. The zero-order valence-corrected chi connectivity index (χ0v) is 9.24. The van der Waals surface area contributed by atoms with Crippen LogP contribution in [0.4, 0.5) is 0 Å². The molecule has 0 bridgehead atoms. The molecule has 1 aliphatic carbocycles. The van der Waals surface area contributed by atoms with Crippen molar-refractivity contribution in [2.75, 3.05) is 0 Å². The smallest absolute Gasteiger partial charge is 0.0316 e. The fraction of sp³-hybridized carbons (Fsp3) is 1.00. The topological polar surface area (TPSA) is 0 Å². The van der Waals surface area contributed by atoms with Crippen LogP contribution in [0.3, 0.4) is 0 Å². The Bertz CT molecular complexity index is 136. The van der Waals surface area contributed by atoms with Gasteiger partial charge in [0.2, 0.25) is 0 Å². The Kier molecular flexibility index (Phi) is 2.85. The van der Waals surface area contributed by atoms with E-state index in [0.29, 0.717) is 10.8 Å². The van der Waals surface area contributed by atoms with E-state index in [2.05, 4.69) is 27.7 Å². The Hall–Kier alpha value is 0. The lowest BCUT2D eigenvalue weighted by molar-refractivity contribution is -0.00566. The lowest BCUT2D eigenvalue weighted by Crippen LogP contribution is -2.40. The molecule has 0 heterocycles. The van der Waals surface area contributed by atoms with E-state index in [1.807, 2.05) is 0 Å².